The van der Waals surface area contributed by atoms with Crippen molar-refractivity contribution in [2.24, 2.45) is 23.7 Å². The van der Waals surface area contributed by atoms with Gasteiger partial charge in [-0.2, -0.15) is 0 Å². The fourth-order valence-electron chi connectivity index (χ4n) is 4.29. The first-order valence-electron chi connectivity index (χ1n) is 8.05. The molecule has 0 saturated heterocycles. The van der Waals surface area contributed by atoms with Gasteiger partial charge in [0, 0.05) is 0 Å². The minimum absolute atomic E-state index is 0.998. The second kappa shape index (κ2) is 6.78. The summed E-state index contributed by atoms with van der Waals surface area (Å²) in [7, 11) is 0. The van der Waals surface area contributed by atoms with Crippen LogP contribution in [0.25, 0.3) is 0 Å². The zero-order valence-electron chi connectivity index (χ0n) is 11.9. The van der Waals surface area contributed by atoms with Gasteiger partial charge in [0.25, 0.3) is 0 Å². The molecule has 1 N–H and O–H groups in total. The Kier molecular flexibility index (Phi) is 5.34. The molecule has 100 valence electrons. The Morgan fingerprint density at radius 3 is 2.35 bits per heavy atom. The summed E-state index contributed by atoms with van der Waals surface area (Å²) >= 11 is 0. The van der Waals surface area contributed by atoms with E-state index in [-0.39, 0.29) is 0 Å². The summed E-state index contributed by atoms with van der Waals surface area (Å²) in [5, 5.41) is 3.58. The summed E-state index contributed by atoms with van der Waals surface area (Å²) in [6, 6.07) is 0. The first-order chi connectivity index (χ1) is 8.35. The highest BCUT2D eigenvalue weighted by Gasteiger charge is 2.34. The Morgan fingerprint density at radius 1 is 0.941 bits per heavy atom. The van der Waals surface area contributed by atoms with Crippen LogP contribution in [0.2, 0.25) is 0 Å². The van der Waals surface area contributed by atoms with Gasteiger partial charge in [-0.25, -0.2) is 0 Å². The lowest BCUT2D eigenvalue weighted by atomic mass is 9.72. The van der Waals surface area contributed by atoms with Gasteiger partial charge in [0.15, 0.2) is 0 Å². The third-order valence-corrected chi connectivity index (χ3v) is 5.45. The van der Waals surface area contributed by atoms with Gasteiger partial charge in [-0.05, 0) is 62.4 Å². The monoisotopic (exact) mass is 237 g/mol. The van der Waals surface area contributed by atoms with Crippen molar-refractivity contribution < 1.29 is 0 Å². The van der Waals surface area contributed by atoms with Crippen molar-refractivity contribution in [3.8, 4) is 0 Å². The van der Waals surface area contributed by atoms with Gasteiger partial charge in [0.1, 0.15) is 0 Å². The fraction of sp³-hybridized carbons (Fsp3) is 1.00. The predicted molar refractivity (Wildman–Crippen MR) is 75.1 cm³/mol. The van der Waals surface area contributed by atoms with Crippen molar-refractivity contribution in [2.75, 3.05) is 13.1 Å². The average Bonchev–Trinajstić information content (AvgIpc) is 2.84. The summed E-state index contributed by atoms with van der Waals surface area (Å²) in [5.74, 6) is 4.19. The summed E-state index contributed by atoms with van der Waals surface area (Å²) < 4.78 is 0. The van der Waals surface area contributed by atoms with Crippen LogP contribution in [0, 0.1) is 23.7 Å². The van der Waals surface area contributed by atoms with E-state index in [9.17, 15) is 0 Å². The second-order valence-electron chi connectivity index (χ2n) is 6.35. The summed E-state index contributed by atoms with van der Waals surface area (Å²) in [5.41, 5.74) is 0. The van der Waals surface area contributed by atoms with E-state index in [0.29, 0.717) is 0 Å². The molecule has 2 aliphatic carbocycles. The average molecular weight is 237 g/mol. The van der Waals surface area contributed by atoms with Gasteiger partial charge in [-0.3, -0.25) is 0 Å². The van der Waals surface area contributed by atoms with Crippen molar-refractivity contribution in [3.05, 3.63) is 0 Å². The molecule has 2 rings (SSSR count). The first-order valence-corrected chi connectivity index (χ1v) is 8.05. The minimum Gasteiger partial charge on any atom is -0.317 e. The second-order valence-corrected chi connectivity index (χ2v) is 6.35. The van der Waals surface area contributed by atoms with Crippen molar-refractivity contribution in [1.29, 1.82) is 0 Å². The minimum atomic E-state index is 0.998. The van der Waals surface area contributed by atoms with E-state index < -0.39 is 0 Å². The molecule has 17 heavy (non-hydrogen) atoms. The summed E-state index contributed by atoms with van der Waals surface area (Å²) in [6.45, 7) is 7.03. The third-order valence-electron chi connectivity index (χ3n) is 5.45. The van der Waals surface area contributed by atoms with E-state index in [0.717, 1.165) is 30.2 Å². The van der Waals surface area contributed by atoms with E-state index in [1.807, 2.05) is 0 Å². The highest BCUT2D eigenvalue weighted by molar-refractivity contribution is 4.86. The van der Waals surface area contributed by atoms with Crippen LogP contribution in [0.15, 0.2) is 0 Å². The molecule has 0 aromatic heterocycles. The largest absolute Gasteiger partial charge is 0.317 e. The topological polar surface area (TPSA) is 12.0 Å². The van der Waals surface area contributed by atoms with Gasteiger partial charge in [0.05, 0.1) is 0 Å². The maximum absolute atomic E-state index is 3.58. The Hall–Kier alpha value is -0.0400. The molecule has 0 amide bonds. The molecule has 2 aliphatic rings. The number of rotatable bonds is 5. The van der Waals surface area contributed by atoms with Crippen LogP contribution in [-0.4, -0.2) is 13.1 Å². The lowest BCUT2D eigenvalue weighted by Gasteiger charge is -2.34. The number of hydrogen-bond donors (Lipinski definition) is 1. The third kappa shape index (κ3) is 3.47. The molecule has 2 fully saturated rings. The molecule has 1 heteroatoms. The van der Waals surface area contributed by atoms with Crippen LogP contribution in [0.4, 0.5) is 0 Å². The maximum atomic E-state index is 3.58. The predicted octanol–water partition coefficient (Wildman–Crippen LogP) is 4.23. The summed E-state index contributed by atoms with van der Waals surface area (Å²) in [4.78, 5) is 0. The van der Waals surface area contributed by atoms with Gasteiger partial charge < -0.3 is 5.32 Å². The lowest BCUT2D eigenvalue weighted by Crippen LogP contribution is -2.30. The molecule has 0 heterocycles. The highest BCUT2D eigenvalue weighted by atomic mass is 14.8. The van der Waals surface area contributed by atoms with Crippen molar-refractivity contribution in [3.63, 3.8) is 0 Å². The molecule has 0 aliphatic heterocycles. The van der Waals surface area contributed by atoms with Crippen LogP contribution in [0.1, 0.15) is 65.2 Å². The van der Waals surface area contributed by atoms with Gasteiger partial charge >= 0.3 is 0 Å². The fourth-order valence-corrected chi connectivity index (χ4v) is 4.29. The van der Waals surface area contributed by atoms with E-state index in [1.165, 1.54) is 57.9 Å². The Labute approximate surface area is 108 Å². The van der Waals surface area contributed by atoms with Crippen LogP contribution < -0.4 is 5.32 Å². The molecule has 0 aromatic carbocycles. The maximum Gasteiger partial charge on any atom is -0.00179 e. The smallest absolute Gasteiger partial charge is 0.00179 e. The molecular formula is C16H31N. The van der Waals surface area contributed by atoms with E-state index in [2.05, 4.69) is 19.2 Å². The SMILES string of the molecule is CCNCC1CCCC1C1CCC(CC)CC1. The van der Waals surface area contributed by atoms with E-state index in [4.69, 9.17) is 0 Å². The molecule has 0 bridgehead atoms. The van der Waals surface area contributed by atoms with Crippen molar-refractivity contribution >= 4 is 0 Å². The van der Waals surface area contributed by atoms with E-state index >= 15 is 0 Å². The molecule has 0 radical (unpaired) electrons. The van der Waals surface area contributed by atoms with Crippen LogP contribution in [0.5, 0.6) is 0 Å². The normalized spacial score (nSPS) is 38.5. The number of hydrogen-bond acceptors (Lipinski definition) is 1. The van der Waals surface area contributed by atoms with Crippen molar-refractivity contribution in [2.45, 2.75) is 65.2 Å². The van der Waals surface area contributed by atoms with Crippen LogP contribution in [0.3, 0.4) is 0 Å². The molecule has 0 spiro atoms. The Balaban J connectivity index is 1.80. The number of nitrogens with one attached hydrogen (secondary N) is 1. The molecular weight excluding hydrogens is 206 g/mol. The molecule has 2 saturated carbocycles. The lowest BCUT2D eigenvalue weighted by molar-refractivity contribution is 0.167. The molecule has 0 aromatic rings. The first kappa shape index (κ1) is 13.4. The molecule has 2 unspecified atom stereocenters. The van der Waals surface area contributed by atoms with E-state index in [1.54, 1.807) is 0 Å². The van der Waals surface area contributed by atoms with Gasteiger partial charge in [-0.1, -0.05) is 39.5 Å². The quantitative estimate of drug-likeness (QED) is 0.754. The molecule has 2 atom stereocenters. The van der Waals surface area contributed by atoms with Crippen LogP contribution >= 0.6 is 0 Å². The Bertz CT molecular complexity index is 206. The summed E-state index contributed by atoms with van der Waals surface area (Å²) in [6.07, 6.45) is 12.0. The Morgan fingerprint density at radius 2 is 1.71 bits per heavy atom. The standard InChI is InChI=1S/C16H31N/c1-3-13-8-10-14(11-9-13)16-7-5-6-15(16)12-17-4-2/h13-17H,3-12H2,1-2H3. The highest BCUT2D eigenvalue weighted by Crippen LogP contribution is 2.44. The zero-order valence-corrected chi connectivity index (χ0v) is 11.9. The van der Waals surface area contributed by atoms with Gasteiger partial charge in [-0.15, -0.1) is 0 Å². The molecule has 1 nitrogen and oxygen atoms in total. The van der Waals surface area contributed by atoms with Gasteiger partial charge in [0.2, 0.25) is 0 Å². The van der Waals surface area contributed by atoms with Crippen LogP contribution in [-0.2, 0) is 0 Å². The zero-order chi connectivity index (χ0) is 12.1. The van der Waals surface area contributed by atoms with Crippen molar-refractivity contribution in [1.82, 2.24) is 5.32 Å².